The summed E-state index contributed by atoms with van der Waals surface area (Å²) >= 11 is 6.01. The third-order valence-electron chi connectivity index (χ3n) is 5.43. The van der Waals surface area contributed by atoms with E-state index in [-0.39, 0.29) is 17.9 Å². The molecule has 1 aliphatic heterocycles. The van der Waals surface area contributed by atoms with E-state index >= 15 is 0 Å². The Kier molecular flexibility index (Phi) is 5.81. The lowest BCUT2D eigenvalue weighted by Crippen LogP contribution is -2.44. The van der Waals surface area contributed by atoms with Gasteiger partial charge in [-0.15, -0.1) is 0 Å². The normalized spacial score (nSPS) is 20.2. The van der Waals surface area contributed by atoms with Crippen LogP contribution in [0.25, 0.3) is 0 Å². The molecule has 5 nitrogen and oxygen atoms in total. The Bertz CT molecular complexity index is 737. The lowest BCUT2D eigenvalue weighted by molar-refractivity contribution is -0.123. The molecule has 6 heteroatoms. The fourth-order valence-electron chi connectivity index (χ4n) is 3.82. The van der Waals surface area contributed by atoms with Gasteiger partial charge in [0.2, 0.25) is 5.91 Å². The fraction of sp³-hybridized carbons (Fsp3) is 0.476. The molecule has 1 aliphatic carbocycles. The Morgan fingerprint density at radius 1 is 1.19 bits per heavy atom. The second kappa shape index (κ2) is 8.46. The lowest BCUT2D eigenvalue weighted by atomic mass is 9.93. The van der Waals surface area contributed by atoms with Crippen LogP contribution in [0.5, 0.6) is 0 Å². The third kappa shape index (κ3) is 4.54. The van der Waals surface area contributed by atoms with Crippen LogP contribution in [0.3, 0.4) is 0 Å². The number of morpholine rings is 1. The first kappa shape index (κ1) is 18.5. The van der Waals surface area contributed by atoms with E-state index in [4.69, 9.17) is 20.8 Å². The van der Waals surface area contributed by atoms with Crippen molar-refractivity contribution in [3.8, 4) is 0 Å². The van der Waals surface area contributed by atoms with E-state index < -0.39 is 0 Å². The molecule has 1 aromatic carbocycles. The van der Waals surface area contributed by atoms with Gasteiger partial charge in [-0.25, -0.2) is 0 Å². The third-order valence-corrected chi connectivity index (χ3v) is 5.68. The van der Waals surface area contributed by atoms with Crippen LogP contribution in [-0.4, -0.2) is 43.7 Å². The largest absolute Gasteiger partial charge is 0.468 e. The molecular weight excluding hydrogens is 364 g/mol. The Hall–Kier alpha value is -1.82. The number of carbonyl (C=O) groups is 1. The monoisotopic (exact) mass is 388 g/mol. The summed E-state index contributed by atoms with van der Waals surface area (Å²) < 4.78 is 11.1. The number of nitrogens with one attached hydrogen (secondary N) is 1. The van der Waals surface area contributed by atoms with Crippen molar-refractivity contribution < 1.29 is 13.9 Å². The minimum Gasteiger partial charge on any atom is -0.468 e. The Morgan fingerprint density at radius 2 is 1.93 bits per heavy atom. The summed E-state index contributed by atoms with van der Waals surface area (Å²) in [6, 6.07) is 11.6. The molecule has 4 rings (SSSR count). The number of benzene rings is 1. The SMILES string of the molecule is O=C(NCC(c1ccco1)N1CCOCC1)C(c1ccc(Cl)cc1)C1CC1. The Morgan fingerprint density at radius 3 is 2.56 bits per heavy atom. The standard InChI is InChI=1S/C21H25ClN2O3/c22-17-7-5-16(6-8-17)20(15-3-4-15)21(25)23-14-18(19-2-1-11-27-19)24-9-12-26-13-10-24/h1-2,5-8,11,15,18,20H,3-4,9-10,12-14H2,(H,23,25). The van der Waals surface area contributed by atoms with Crippen LogP contribution in [-0.2, 0) is 9.53 Å². The van der Waals surface area contributed by atoms with Crippen LogP contribution in [0.1, 0.15) is 36.1 Å². The van der Waals surface area contributed by atoms with Gasteiger partial charge < -0.3 is 14.5 Å². The highest BCUT2D eigenvalue weighted by molar-refractivity contribution is 6.30. The number of carbonyl (C=O) groups excluding carboxylic acids is 1. The lowest BCUT2D eigenvalue weighted by Gasteiger charge is -2.33. The first-order valence-corrected chi connectivity index (χ1v) is 9.98. The summed E-state index contributed by atoms with van der Waals surface area (Å²) in [6.07, 6.45) is 3.89. The van der Waals surface area contributed by atoms with E-state index in [1.165, 1.54) is 0 Å². The molecule has 2 atom stereocenters. The highest BCUT2D eigenvalue weighted by Gasteiger charge is 2.37. The summed E-state index contributed by atoms with van der Waals surface area (Å²) in [5.41, 5.74) is 1.04. The van der Waals surface area contributed by atoms with Gasteiger partial charge in [-0.3, -0.25) is 9.69 Å². The van der Waals surface area contributed by atoms with Gasteiger partial charge in [0, 0.05) is 24.7 Å². The van der Waals surface area contributed by atoms with E-state index in [1.807, 2.05) is 36.4 Å². The summed E-state index contributed by atoms with van der Waals surface area (Å²) in [6.45, 7) is 3.62. The van der Waals surface area contributed by atoms with Crippen molar-refractivity contribution in [2.24, 2.45) is 5.92 Å². The van der Waals surface area contributed by atoms with E-state index in [1.54, 1.807) is 6.26 Å². The zero-order valence-corrected chi connectivity index (χ0v) is 16.0. The molecule has 2 fully saturated rings. The predicted molar refractivity (Wildman–Crippen MR) is 104 cm³/mol. The Labute approximate surface area is 164 Å². The maximum atomic E-state index is 13.0. The van der Waals surface area contributed by atoms with Crippen LogP contribution >= 0.6 is 11.6 Å². The highest BCUT2D eigenvalue weighted by Crippen LogP contribution is 2.43. The fourth-order valence-corrected chi connectivity index (χ4v) is 3.95. The quantitative estimate of drug-likeness (QED) is 0.787. The maximum Gasteiger partial charge on any atom is 0.227 e. The first-order chi connectivity index (χ1) is 13.2. The molecule has 0 bridgehead atoms. The molecule has 1 amide bonds. The van der Waals surface area contributed by atoms with Crippen LogP contribution in [0.4, 0.5) is 0 Å². The van der Waals surface area contributed by atoms with E-state index in [9.17, 15) is 4.79 Å². The molecular formula is C21H25ClN2O3. The molecule has 0 spiro atoms. The topological polar surface area (TPSA) is 54.7 Å². The van der Waals surface area contributed by atoms with Gasteiger partial charge in [0.15, 0.2) is 0 Å². The predicted octanol–water partition coefficient (Wildman–Crippen LogP) is 3.62. The van der Waals surface area contributed by atoms with Crippen molar-refractivity contribution in [1.82, 2.24) is 10.2 Å². The average molecular weight is 389 g/mol. The summed E-state index contributed by atoms with van der Waals surface area (Å²) in [5, 5.41) is 3.88. The molecule has 2 unspecified atom stereocenters. The molecule has 1 saturated heterocycles. The molecule has 0 radical (unpaired) electrons. The van der Waals surface area contributed by atoms with E-state index in [2.05, 4.69) is 10.2 Å². The van der Waals surface area contributed by atoms with Crippen LogP contribution < -0.4 is 5.32 Å². The van der Waals surface area contributed by atoms with Crippen molar-refractivity contribution in [2.75, 3.05) is 32.8 Å². The summed E-state index contributed by atoms with van der Waals surface area (Å²) in [5.74, 6) is 1.29. The number of ether oxygens (including phenoxy) is 1. The summed E-state index contributed by atoms with van der Waals surface area (Å²) in [7, 11) is 0. The van der Waals surface area contributed by atoms with Crippen molar-refractivity contribution in [2.45, 2.75) is 24.8 Å². The number of amides is 1. The maximum absolute atomic E-state index is 13.0. The van der Waals surface area contributed by atoms with E-state index in [0.29, 0.717) is 30.7 Å². The zero-order valence-electron chi connectivity index (χ0n) is 15.3. The van der Waals surface area contributed by atoms with Crippen LogP contribution in [0, 0.1) is 5.92 Å². The molecule has 2 heterocycles. The second-order valence-corrected chi connectivity index (χ2v) is 7.73. The molecule has 27 heavy (non-hydrogen) atoms. The smallest absolute Gasteiger partial charge is 0.227 e. The van der Waals surface area contributed by atoms with Gasteiger partial charge in [-0.2, -0.15) is 0 Å². The van der Waals surface area contributed by atoms with Crippen LogP contribution in [0.15, 0.2) is 47.1 Å². The molecule has 1 saturated carbocycles. The molecule has 144 valence electrons. The first-order valence-electron chi connectivity index (χ1n) is 9.61. The molecule has 2 aliphatic rings. The van der Waals surface area contributed by atoms with Crippen molar-refractivity contribution in [1.29, 1.82) is 0 Å². The molecule has 2 aromatic rings. The second-order valence-electron chi connectivity index (χ2n) is 7.29. The van der Waals surface area contributed by atoms with Gasteiger partial charge in [-0.05, 0) is 48.6 Å². The molecule has 1 aromatic heterocycles. The van der Waals surface area contributed by atoms with Gasteiger partial charge in [0.05, 0.1) is 31.4 Å². The number of nitrogens with zero attached hydrogens (tertiary/aromatic N) is 1. The van der Waals surface area contributed by atoms with Crippen LogP contribution in [0.2, 0.25) is 5.02 Å². The zero-order chi connectivity index (χ0) is 18.6. The number of hydrogen-bond donors (Lipinski definition) is 1. The number of hydrogen-bond acceptors (Lipinski definition) is 4. The van der Waals surface area contributed by atoms with E-state index in [0.717, 1.165) is 37.3 Å². The van der Waals surface area contributed by atoms with Gasteiger partial charge in [0.25, 0.3) is 0 Å². The molecule has 1 N–H and O–H groups in total. The minimum absolute atomic E-state index is 0.0259. The van der Waals surface area contributed by atoms with Crippen molar-refractivity contribution in [3.63, 3.8) is 0 Å². The van der Waals surface area contributed by atoms with Gasteiger partial charge in [0.1, 0.15) is 5.76 Å². The van der Waals surface area contributed by atoms with Gasteiger partial charge in [-0.1, -0.05) is 23.7 Å². The Balaban J connectivity index is 1.45. The number of rotatable bonds is 7. The van der Waals surface area contributed by atoms with Crippen molar-refractivity contribution >= 4 is 17.5 Å². The highest BCUT2D eigenvalue weighted by atomic mass is 35.5. The summed E-state index contributed by atoms with van der Waals surface area (Å²) in [4.78, 5) is 15.4. The number of furan rings is 1. The number of halogens is 1. The van der Waals surface area contributed by atoms with Gasteiger partial charge >= 0.3 is 0 Å². The average Bonchev–Trinajstić information content (AvgIpc) is 3.37. The van der Waals surface area contributed by atoms with Crippen molar-refractivity contribution in [3.05, 3.63) is 59.0 Å². The minimum atomic E-state index is -0.107.